The summed E-state index contributed by atoms with van der Waals surface area (Å²) in [4.78, 5) is 4.33. The minimum Gasteiger partial charge on any atom is -0.315 e. The van der Waals surface area contributed by atoms with Gasteiger partial charge in [-0.2, -0.15) is 0 Å². The lowest BCUT2D eigenvalue weighted by molar-refractivity contribution is 0.598. The minimum atomic E-state index is -2.84. The van der Waals surface area contributed by atoms with Crippen LogP contribution in [0.1, 0.15) is 5.69 Å². The molecule has 0 spiro atoms. The zero-order valence-electron chi connectivity index (χ0n) is 9.39. The van der Waals surface area contributed by atoms with Crippen LogP contribution >= 0.6 is 23.1 Å². The van der Waals surface area contributed by atoms with E-state index in [0.717, 1.165) is 22.3 Å². The number of thiazole rings is 1. The van der Waals surface area contributed by atoms with Crippen molar-refractivity contribution in [1.29, 1.82) is 0 Å². The van der Waals surface area contributed by atoms with Gasteiger partial charge in [-0.3, -0.25) is 0 Å². The van der Waals surface area contributed by atoms with E-state index >= 15 is 0 Å². The van der Waals surface area contributed by atoms with Gasteiger partial charge in [-0.05, 0) is 6.92 Å². The maximum atomic E-state index is 10.8. The SMILES string of the molecule is Cc1csc(SCCNCCS(C)(=O)=O)n1. The summed E-state index contributed by atoms with van der Waals surface area (Å²) in [6, 6.07) is 0. The van der Waals surface area contributed by atoms with E-state index in [-0.39, 0.29) is 5.75 Å². The topological polar surface area (TPSA) is 59.1 Å². The number of aryl methyl sites for hydroxylation is 1. The molecule has 1 aromatic rings. The Kier molecular flexibility index (Phi) is 5.74. The first-order valence-corrected chi connectivity index (χ1v) is 8.83. The fourth-order valence-electron chi connectivity index (χ4n) is 0.992. The van der Waals surface area contributed by atoms with Crippen LogP contribution in [0.2, 0.25) is 0 Å². The molecule has 1 heterocycles. The van der Waals surface area contributed by atoms with Crippen molar-refractivity contribution >= 4 is 32.9 Å². The van der Waals surface area contributed by atoms with E-state index in [9.17, 15) is 8.42 Å². The van der Waals surface area contributed by atoms with Crippen LogP contribution in [0, 0.1) is 6.92 Å². The van der Waals surface area contributed by atoms with Crippen molar-refractivity contribution in [3.05, 3.63) is 11.1 Å². The smallest absolute Gasteiger partial charge is 0.150 e. The molecule has 16 heavy (non-hydrogen) atoms. The number of thioether (sulfide) groups is 1. The third-order valence-electron chi connectivity index (χ3n) is 1.75. The van der Waals surface area contributed by atoms with E-state index in [1.165, 1.54) is 6.26 Å². The van der Waals surface area contributed by atoms with Gasteiger partial charge in [-0.15, -0.1) is 11.3 Å². The molecule has 0 aliphatic rings. The van der Waals surface area contributed by atoms with Gasteiger partial charge < -0.3 is 5.32 Å². The second kappa shape index (κ2) is 6.58. The Bertz CT molecular complexity index is 414. The standard InChI is InChI=1S/C9H16N2O2S3/c1-8-7-15-9(11-8)14-5-3-10-4-6-16(2,12)13/h7,10H,3-6H2,1-2H3. The van der Waals surface area contributed by atoms with Crippen molar-refractivity contribution in [2.24, 2.45) is 0 Å². The minimum absolute atomic E-state index is 0.202. The van der Waals surface area contributed by atoms with Gasteiger partial charge in [0.2, 0.25) is 0 Å². The molecule has 0 radical (unpaired) electrons. The summed E-state index contributed by atoms with van der Waals surface area (Å²) in [6.45, 7) is 3.31. The van der Waals surface area contributed by atoms with Crippen LogP contribution in [0.3, 0.4) is 0 Å². The third-order valence-corrected chi connectivity index (χ3v) is 4.84. The normalized spacial score (nSPS) is 11.9. The summed E-state index contributed by atoms with van der Waals surface area (Å²) in [5.41, 5.74) is 1.05. The molecule has 0 aliphatic carbocycles. The molecule has 0 atom stereocenters. The molecule has 0 saturated carbocycles. The van der Waals surface area contributed by atoms with Crippen molar-refractivity contribution in [1.82, 2.24) is 10.3 Å². The maximum Gasteiger partial charge on any atom is 0.150 e. The van der Waals surface area contributed by atoms with E-state index in [1.54, 1.807) is 23.1 Å². The van der Waals surface area contributed by atoms with Gasteiger partial charge in [-0.1, -0.05) is 11.8 Å². The quantitative estimate of drug-likeness (QED) is 0.600. The van der Waals surface area contributed by atoms with Crippen LogP contribution in [-0.4, -0.2) is 44.3 Å². The third kappa shape index (κ3) is 6.47. The van der Waals surface area contributed by atoms with Gasteiger partial charge >= 0.3 is 0 Å². The number of nitrogens with one attached hydrogen (secondary N) is 1. The van der Waals surface area contributed by atoms with Gasteiger partial charge in [0.1, 0.15) is 14.2 Å². The lowest BCUT2D eigenvalue weighted by Gasteiger charge is -2.02. The molecular formula is C9H16N2O2S3. The molecule has 0 fully saturated rings. The van der Waals surface area contributed by atoms with Crippen molar-refractivity contribution in [2.75, 3.05) is 30.9 Å². The van der Waals surface area contributed by atoms with Crippen molar-refractivity contribution < 1.29 is 8.42 Å². The Morgan fingerprint density at radius 2 is 2.25 bits per heavy atom. The van der Waals surface area contributed by atoms with Crippen LogP contribution in [0.25, 0.3) is 0 Å². The zero-order valence-corrected chi connectivity index (χ0v) is 11.8. The van der Waals surface area contributed by atoms with Crippen LogP contribution in [0.15, 0.2) is 9.72 Å². The molecule has 0 bridgehead atoms. The van der Waals surface area contributed by atoms with Crippen molar-refractivity contribution in [3.8, 4) is 0 Å². The molecule has 1 rings (SSSR count). The van der Waals surface area contributed by atoms with Crippen LogP contribution < -0.4 is 5.32 Å². The highest BCUT2D eigenvalue weighted by Crippen LogP contribution is 2.21. The zero-order chi connectivity index (χ0) is 12.0. The number of aromatic nitrogens is 1. The molecule has 7 heteroatoms. The summed E-state index contributed by atoms with van der Waals surface area (Å²) < 4.78 is 22.7. The van der Waals surface area contributed by atoms with Crippen molar-refractivity contribution in [2.45, 2.75) is 11.3 Å². The first-order valence-electron chi connectivity index (χ1n) is 4.91. The predicted molar refractivity (Wildman–Crippen MR) is 70.2 cm³/mol. The summed E-state index contributed by atoms with van der Waals surface area (Å²) in [6.07, 6.45) is 1.25. The van der Waals surface area contributed by atoms with Gasteiger partial charge in [0.25, 0.3) is 0 Å². The Morgan fingerprint density at radius 3 is 2.81 bits per heavy atom. The van der Waals surface area contributed by atoms with E-state index in [2.05, 4.69) is 10.3 Å². The highest BCUT2D eigenvalue weighted by Gasteiger charge is 2.01. The lowest BCUT2D eigenvalue weighted by Crippen LogP contribution is -2.24. The van der Waals surface area contributed by atoms with Gasteiger partial charge in [0.05, 0.1) is 5.75 Å². The highest BCUT2D eigenvalue weighted by atomic mass is 32.2. The van der Waals surface area contributed by atoms with Crippen LogP contribution in [0.5, 0.6) is 0 Å². The average molecular weight is 280 g/mol. The molecule has 92 valence electrons. The van der Waals surface area contributed by atoms with E-state index in [4.69, 9.17) is 0 Å². The van der Waals surface area contributed by atoms with Crippen LogP contribution in [0.4, 0.5) is 0 Å². The number of sulfone groups is 1. The fraction of sp³-hybridized carbons (Fsp3) is 0.667. The fourth-order valence-corrected chi connectivity index (χ4v) is 3.32. The number of hydrogen-bond donors (Lipinski definition) is 1. The monoisotopic (exact) mass is 280 g/mol. The first kappa shape index (κ1) is 14.0. The first-order chi connectivity index (χ1) is 7.47. The predicted octanol–water partition coefficient (Wildman–Crippen LogP) is 1.18. The van der Waals surface area contributed by atoms with Crippen molar-refractivity contribution in [3.63, 3.8) is 0 Å². The summed E-state index contributed by atoms with van der Waals surface area (Å²) in [5.74, 6) is 1.12. The van der Waals surface area contributed by atoms with E-state index < -0.39 is 9.84 Å². The lowest BCUT2D eigenvalue weighted by atomic mass is 10.6. The van der Waals surface area contributed by atoms with Crippen LogP contribution in [-0.2, 0) is 9.84 Å². The van der Waals surface area contributed by atoms with E-state index in [0.29, 0.717) is 6.54 Å². The Morgan fingerprint density at radius 1 is 1.50 bits per heavy atom. The van der Waals surface area contributed by atoms with Gasteiger partial charge in [0, 0.05) is 36.2 Å². The average Bonchev–Trinajstić information content (AvgIpc) is 2.56. The number of hydrogen-bond acceptors (Lipinski definition) is 6. The van der Waals surface area contributed by atoms with Gasteiger partial charge in [-0.25, -0.2) is 13.4 Å². The summed E-state index contributed by atoms with van der Waals surface area (Å²) >= 11 is 3.34. The maximum absolute atomic E-state index is 10.8. The molecular weight excluding hydrogens is 264 g/mol. The van der Waals surface area contributed by atoms with E-state index in [1.807, 2.05) is 12.3 Å². The largest absolute Gasteiger partial charge is 0.315 e. The molecule has 0 amide bonds. The summed E-state index contributed by atoms with van der Waals surface area (Å²) in [5, 5.41) is 5.12. The molecule has 0 unspecified atom stereocenters. The Balaban J connectivity index is 2.04. The molecule has 1 N–H and O–H groups in total. The Hall–Kier alpha value is -0.110. The molecule has 4 nitrogen and oxygen atoms in total. The Labute approximate surface area is 105 Å². The molecule has 0 aliphatic heterocycles. The second-order valence-electron chi connectivity index (χ2n) is 3.48. The molecule has 1 aromatic heterocycles. The molecule has 0 saturated heterocycles. The number of nitrogens with zero attached hydrogens (tertiary/aromatic N) is 1. The summed E-state index contributed by atoms with van der Waals surface area (Å²) in [7, 11) is -2.84. The molecule has 0 aromatic carbocycles. The van der Waals surface area contributed by atoms with Gasteiger partial charge in [0.15, 0.2) is 0 Å². The second-order valence-corrected chi connectivity index (χ2v) is 7.94. The highest BCUT2D eigenvalue weighted by molar-refractivity contribution is 8.01. The number of rotatable bonds is 7.